The average Bonchev–Trinajstić information content (AvgIpc) is 3.27. The number of carbonyl (C=O) groups excluding carboxylic acids is 1. The standard InChI is InChI=1S/C26H23ClN4O3S2/c1-34-19-6-4-5-16(13-19)14-28-30-22(32)15-35-26-29-24-23(20-7-2-3-8-21(20)36-24)25(33)31(26)18-11-9-17(27)10-12-18/h4-6,9-14H,2-3,7-8,15H2,1H3,(H,30,32). The molecule has 1 N–H and O–H groups in total. The summed E-state index contributed by atoms with van der Waals surface area (Å²) in [5.74, 6) is 0.450. The minimum atomic E-state index is -0.304. The lowest BCUT2D eigenvalue weighted by Crippen LogP contribution is -2.24. The first-order valence-corrected chi connectivity index (χ1v) is 13.6. The minimum Gasteiger partial charge on any atom is -0.497 e. The molecule has 0 saturated carbocycles. The quantitative estimate of drug-likeness (QED) is 0.151. The van der Waals surface area contributed by atoms with E-state index in [2.05, 4.69) is 10.5 Å². The van der Waals surface area contributed by atoms with Gasteiger partial charge in [0.05, 0.1) is 30.2 Å². The molecule has 5 rings (SSSR count). The number of ether oxygens (including phenoxy) is 1. The van der Waals surface area contributed by atoms with Gasteiger partial charge < -0.3 is 4.74 Å². The van der Waals surface area contributed by atoms with E-state index in [1.54, 1.807) is 53.5 Å². The van der Waals surface area contributed by atoms with Crippen molar-refractivity contribution in [3.63, 3.8) is 0 Å². The second kappa shape index (κ2) is 10.9. The van der Waals surface area contributed by atoms with Gasteiger partial charge in [-0.15, -0.1) is 11.3 Å². The summed E-state index contributed by atoms with van der Waals surface area (Å²) in [4.78, 5) is 33.1. The highest BCUT2D eigenvalue weighted by Crippen LogP contribution is 2.35. The molecule has 0 radical (unpaired) electrons. The largest absolute Gasteiger partial charge is 0.497 e. The van der Waals surface area contributed by atoms with E-state index in [4.69, 9.17) is 21.3 Å². The van der Waals surface area contributed by atoms with Crippen molar-refractivity contribution in [2.24, 2.45) is 5.10 Å². The van der Waals surface area contributed by atoms with Gasteiger partial charge in [-0.2, -0.15) is 5.10 Å². The van der Waals surface area contributed by atoms with E-state index in [-0.39, 0.29) is 17.2 Å². The Hall–Kier alpha value is -3.14. The number of benzene rings is 2. The number of thioether (sulfide) groups is 1. The molecule has 2 aromatic heterocycles. The van der Waals surface area contributed by atoms with Crippen molar-refractivity contribution in [2.75, 3.05) is 12.9 Å². The molecule has 10 heteroatoms. The number of nitrogens with one attached hydrogen (secondary N) is 1. The van der Waals surface area contributed by atoms with Crippen LogP contribution in [-0.4, -0.2) is 34.5 Å². The van der Waals surface area contributed by atoms with Crippen LogP contribution in [0.25, 0.3) is 15.9 Å². The van der Waals surface area contributed by atoms with E-state index in [9.17, 15) is 9.59 Å². The molecule has 0 atom stereocenters. The minimum absolute atomic E-state index is 0.0477. The molecule has 2 heterocycles. The average molecular weight is 539 g/mol. The summed E-state index contributed by atoms with van der Waals surface area (Å²) in [7, 11) is 1.59. The summed E-state index contributed by atoms with van der Waals surface area (Å²) < 4.78 is 6.78. The number of amides is 1. The second-order valence-electron chi connectivity index (χ2n) is 8.26. The van der Waals surface area contributed by atoms with Crippen molar-refractivity contribution in [1.82, 2.24) is 15.0 Å². The number of nitrogens with zero attached hydrogens (tertiary/aromatic N) is 3. The molecule has 0 spiro atoms. The summed E-state index contributed by atoms with van der Waals surface area (Å²) in [6.45, 7) is 0. The normalized spacial score (nSPS) is 13.2. The summed E-state index contributed by atoms with van der Waals surface area (Å²) in [5.41, 5.74) is 5.01. The Morgan fingerprint density at radius 2 is 2.06 bits per heavy atom. The highest BCUT2D eigenvalue weighted by molar-refractivity contribution is 7.99. The Kier molecular flexibility index (Phi) is 7.41. The lowest BCUT2D eigenvalue weighted by molar-refractivity contribution is -0.118. The number of aryl methyl sites for hydroxylation is 2. The summed E-state index contributed by atoms with van der Waals surface area (Å²) in [6.07, 6.45) is 5.63. The second-order valence-corrected chi connectivity index (χ2v) is 10.7. The molecule has 4 aromatic rings. The van der Waals surface area contributed by atoms with Crippen LogP contribution in [0.15, 0.2) is 63.6 Å². The number of hydrogen-bond acceptors (Lipinski definition) is 7. The number of thiophene rings is 1. The van der Waals surface area contributed by atoms with Gasteiger partial charge in [0.15, 0.2) is 5.16 Å². The summed E-state index contributed by atoms with van der Waals surface area (Å²) >= 11 is 8.87. The van der Waals surface area contributed by atoms with Gasteiger partial charge >= 0.3 is 0 Å². The smallest absolute Gasteiger partial charge is 0.267 e. The van der Waals surface area contributed by atoms with Crippen LogP contribution in [0.4, 0.5) is 0 Å². The summed E-state index contributed by atoms with van der Waals surface area (Å²) in [5, 5.41) is 5.77. The van der Waals surface area contributed by atoms with Crippen LogP contribution in [0.1, 0.15) is 28.8 Å². The van der Waals surface area contributed by atoms with Gasteiger partial charge in [0, 0.05) is 9.90 Å². The van der Waals surface area contributed by atoms with E-state index in [0.29, 0.717) is 27.0 Å². The molecule has 1 aliphatic rings. The number of carbonyl (C=O) groups is 1. The number of hydrazone groups is 1. The molecule has 0 fully saturated rings. The van der Waals surface area contributed by atoms with Gasteiger partial charge in [-0.05, 0) is 73.2 Å². The van der Waals surface area contributed by atoms with E-state index in [0.717, 1.165) is 41.6 Å². The molecule has 184 valence electrons. The number of aromatic nitrogens is 2. The maximum atomic E-state index is 13.7. The highest BCUT2D eigenvalue weighted by Gasteiger charge is 2.23. The van der Waals surface area contributed by atoms with Crippen LogP contribution >= 0.6 is 34.7 Å². The lowest BCUT2D eigenvalue weighted by atomic mass is 9.97. The Balaban J connectivity index is 1.41. The Morgan fingerprint density at radius 1 is 1.25 bits per heavy atom. The van der Waals surface area contributed by atoms with Crippen molar-refractivity contribution in [3.8, 4) is 11.4 Å². The molecule has 36 heavy (non-hydrogen) atoms. The Morgan fingerprint density at radius 3 is 2.86 bits per heavy atom. The first-order valence-electron chi connectivity index (χ1n) is 11.5. The lowest BCUT2D eigenvalue weighted by Gasteiger charge is -2.13. The molecular formula is C26H23ClN4O3S2. The topological polar surface area (TPSA) is 85.6 Å². The first-order chi connectivity index (χ1) is 17.5. The van der Waals surface area contributed by atoms with Gasteiger partial charge in [-0.25, -0.2) is 10.4 Å². The number of rotatable bonds is 7. The van der Waals surface area contributed by atoms with Gasteiger partial charge in [0.2, 0.25) is 0 Å². The van der Waals surface area contributed by atoms with Crippen LogP contribution in [0.5, 0.6) is 5.75 Å². The predicted octanol–water partition coefficient (Wildman–Crippen LogP) is 5.23. The van der Waals surface area contributed by atoms with Crippen LogP contribution in [-0.2, 0) is 17.6 Å². The third-order valence-corrected chi connectivity index (χ3v) is 8.25. The molecule has 7 nitrogen and oxygen atoms in total. The fraction of sp³-hybridized carbons (Fsp3) is 0.231. The Bertz CT molecular complexity index is 1510. The van der Waals surface area contributed by atoms with Crippen molar-refractivity contribution < 1.29 is 9.53 Å². The fourth-order valence-corrected chi connectivity index (χ4v) is 6.40. The fourth-order valence-electron chi connectivity index (χ4n) is 4.16. The van der Waals surface area contributed by atoms with E-state index in [1.165, 1.54) is 16.6 Å². The van der Waals surface area contributed by atoms with Crippen LogP contribution in [0, 0.1) is 0 Å². The van der Waals surface area contributed by atoms with Crippen LogP contribution < -0.4 is 15.7 Å². The molecule has 2 aromatic carbocycles. The maximum absolute atomic E-state index is 13.7. The number of fused-ring (bicyclic) bond motifs is 3. The molecule has 1 amide bonds. The molecule has 1 aliphatic carbocycles. The molecule has 0 unspecified atom stereocenters. The predicted molar refractivity (Wildman–Crippen MR) is 146 cm³/mol. The van der Waals surface area contributed by atoms with Crippen molar-refractivity contribution in [1.29, 1.82) is 0 Å². The van der Waals surface area contributed by atoms with Crippen molar-refractivity contribution in [3.05, 3.63) is 79.9 Å². The van der Waals surface area contributed by atoms with Gasteiger partial charge in [0.25, 0.3) is 11.5 Å². The number of hydrogen-bond donors (Lipinski definition) is 1. The maximum Gasteiger partial charge on any atom is 0.267 e. The molecule has 0 bridgehead atoms. The SMILES string of the molecule is COc1cccc(C=NNC(=O)CSc2nc3sc4c(c3c(=O)n2-c2ccc(Cl)cc2)CCCC4)c1. The zero-order chi connectivity index (χ0) is 25.1. The van der Waals surface area contributed by atoms with Crippen LogP contribution in [0.3, 0.4) is 0 Å². The number of halogens is 1. The monoisotopic (exact) mass is 538 g/mol. The molecule has 0 saturated heterocycles. The zero-order valence-corrected chi connectivity index (χ0v) is 21.9. The van der Waals surface area contributed by atoms with E-state index >= 15 is 0 Å². The van der Waals surface area contributed by atoms with Gasteiger partial charge in [0.1, 0.15) is 10.6 Å². The summed E-state index contributed by atoms with van der Waals surface area (Å²) in [6, 6.07) is 14.4. The molecule has 0 aliphatic heterocycles. The highest BCUT2D eigenvalue weighted by atomic mass is 35.5. The van der Waals surface area contributed by atoms with Crippen molar-refractivity contribution >= 4 is 57.0 Å². The van der Waals surface area contributed by atoms with Gasteiger partial charge in [-0.1, -0.05) is 35.5 Å². The van der Waals surface area contributed by atoms with Crippen molar-refractivity contribution in [2.45, 2.75) is 30.8 Å². The molecular weight excluding hydrogens is 516 g/mol. The first kappa shape index (κ1) is 24.5. The van der Waals surface area contributed by atoms with E-state index in [1.807, 2.05) is 24.3 Å². The third-order valence-electron chi connectivity index (χ3n) is 5.87. The zero-order valence-electron chi connectivity index (χ0n) is 19.5. The Labute approximate surface area is 221 Å². The van der Waals surface area contributed by atoms with E-state index < -0.39 is 0 Å². The number of methoxy groups -OCH3 is 1. The van der Waals surface area contributed by atoms with Gasteiger partial charge in [-0.3, -0.25) is 14.2 Å². The third kappa shape index (κ3) is 5.18. The van der Waals surface area contributed by atoms with Crippen LogP contribution in [0.2, 0.25) is 5.02 Å².